The van der Waals surface area contributed by atoms with Gasteiger partial charge in [-0.25, -0.2) is 0 Å². The summed E-state index contributed by atoms with van der Waals surface area (Å²) in [7, 11) is 5.86. The number of hydrogen-bond donors (Lipinski definition) is 1. The first-order chi connectivity index (χ1) is 13.1. The zero-order chi connectivity index (χ0) is 20.9. The van der Waals surface area contributed by atoms with Gasteiger partial charge in [0.05, 0.1) is 7.11 Å². The number of methoxy groups -OCH3 is 1. The highest BCUT2D eigenvalue weighted by atomic mass is 16.5. The SMILES string of the molecule is COc1cc(CN2CCN(C)C(C)(C)C2)ccc1OCC(O)CN(C)C(C)C. The molecule has 1 heterocycles. The van der Waals surface area contributed by atoms with Crippen LogP contribution in [0.4, 0.5) is 0 Å². The Morgan fingerprint density at radius 3 is 2.54 bits per heavy atom. The molecule has 1 unspecified atom stereocenters. The Morgan fingerprint density at radius 1 is 1.21 bits per heavy atom. The maximum Gasteiger partial charge on any atom is 0.161 e. The molecule has 1 aliphatic heterocycles. The highest BCUT2D eigenvalue weighted by Gasteiger charge is 2.30. The third-order valence-corrected chi connectivity index (χ3v) is 5.84. The molecule has 1 atom stereocenters. The van der Waals surface area contributed by atoms with Crippen LogP contribution in [0.3, 0.4) is 0 Å². The van der Waals surface area contributed by atoms with Gasteiger partial charge in [-0.05, 0) is 59.5 Å². The summed E-state index contributed by atoms with van der Waals surface area (Å²) in [6.45, 7) is 13.7. The number of aliphatic hydroxyl groups excluding tert-OH is 1. The first-order valence-electron chi connectivity index (χ1n) is 10.2. The quantitative estimate of drug-likeness (QED) is 0.695. The lowest BCUT2D eigenvalue weighted by molar-refractivity contribution is 0.0359. The van der Waals surface area contributed by atoms with Gasteiger partial charge in [-0.3, -0.25) is 9.80 Å². The maximum atomic E-state index is 10.2. The van der Waals surface area contributed by atoms with Crippen LogP contribution in [0.1, 0.15) is 33.3 Å². The van der Waals surface area contributed by atoms with Crippen molar-refractivity contribution < 1.29 is 14.6 Å². The van der Waals surface area contributed by atoms with Crippen LogP contribution < -0.4 is 9.47 Å². The average Bonchev–Trinajstić information content (AvgIpc) is 2.63. The molecule has 1 aromatic rings. The van der Waals surface area contributed by atoms with Crippen molar-refractivity contribution in [3.05, 3.63) is 23.8 Å². The highest BCUT2D eigenvalue weighted by molar-refractivity contribution is 5.43. The van der Waals surface area contributed by atoms with Gasteiger partial charge in [0.2, 0.25) is 0 Å². The molecule has 160 valence electrons. The predicted octanol–water partition coefficient (Wildman–Crippen LogP) is 2.30. The lowest BCUT2D eigenvalue weighted by atomic mass is 9.99. The van der Waals surface area contributed by atoms with Crippen LogP contribution in [0.2, 0.25) is 0 Å². The molecule has 0 spiro atoms. The topological polar surface area (TPSA) is 48.4 Å². The summed E-state index contributed by atoms with van der Waals surface area (Å²) in [4.78, 5) is 7.01. The molecule has 0 radical (unpaired) electrons. The molecule has 0 aliphatic carbocycles. The van der Waals surface area contributed by atoms with Crippen LogP contribution in [0, 0.1) is 0 Å². The van der Waals surface area contributed by atoms with Gasteiger partial charge in [0.1, 0.15) is 12.7 Å². The van der Waals surface area contributed by atoms with Gasteiger partial charge in [-0.1, -0.05) is 6.07 Å². The molecule has 1 saturated heterocycles. The molecule has 1 fully saturated rings. The molecular weight excluding hydrogens is 354 g/mol. The van der Waals surface area contributed by atoms with Gasteiger partial charge < -0.3 is 19.5 Å². The van der Waals surface area contributed by atoms with Crippen molar-refractivity contribution in [3.63, 3.8) is 0 Å². The fourth-order valence-electron chi connectivity index (χ4n) is 3.45. The summed E-state index contributed by atoms with van der Waals surface area (Å²) in [6.07, 6.45) is -0.538. The van der Waals surface area contributed by atoms with E-state index in [1.807, 2.05) is 19.2 Å². The summed E-state index contributed by atoms with van der Waals surface area (Å²) < 4.78 is 11.4. The number of benzene rings is 1. The van der Waals surface area contributed by atoms with Gasteiger partial charge in [-0.15, -0.1) is 0 Å². The van der Waals surface area contributed by atoms with Gasteiger partial charge >= 0.3 is 0 Å². The first kappa shape index (κ1) is 22.9. The maximum absolute atomic E-state index is 10.2. The van der Waals surface area contributed by atoms with Crippen molar-refractivity contribution >= 4 is 0 Å². The van der Waals surface area contributed by atoms with Crippen LogP contribution in [0.15, 0.2) is 18.2 Å². The van der Waals surface area contributed by atoms with E-state index in [1.165, 1.54) is 5.56 Å². The van der Waals surface area contributed by atoms with Crippen LogP contribution in [-0.4, -0.2) is 91.5 Å². The number of hydrogen-bond acceptors (Lipinski definition) is 6. The Kier molecular flexibility index (Phi) is 8.13. The summed E-state index contributed by atoms with van der Waals surface area (Å²) in [5, 5.41) is 10.2. The number of aliphatic hydroxyl groups is 1. The fourth-order valence-corrected chi connectivity index (χ4v) is 3.45. The van der Waals surface area contributed by atoms with Crippen molar-refractivity contribution in [2.24, 2.45) is 0 Å². The van der Waals surface area contributed by atoms with E-state index in [0.717, 1.165) is 31.9 Å². The molecule has 6 nitrogen and oxygen atoms in total. The smallest absolute Gasteiger partial charge is 0.161 e. The minimum atomic E-state index is -0.538. The Morgan fingerprint density at radius 2 is 1.93 bits per heavy atom. The van der Waals surface area contributed by atoms with E-state index in [1.54, 1.807) is 7.11 Å². The molecule has 0 saturated carbocycles. The second kappa shape index (κ2) is 9.92. The van der Waals surface area contributed by atoms with Gasteiger partial charge in [0.15, 0.2) is 11.5 Å². The molecule has 6 heteroatoms. The van der Waals surface area contributed by atoms with E-state index < -0.39 is 6.10 Å². The Labute approximate surface area is 171 Å². The number of nitrogens with zero attached hydrogens (tertiary/aromatic N) is 3. The van der Waals surface area contributed by atoms with E-state index in [0.29, 0.717) is 18.3 Å². The summed E-state index contributed by atoms with van der Waals surface area (Å²) in [5.41, 5.74) is 1.40. The predicted molar refractivity (Wildman–Crippen MR) is 114 cm³/mol. The van der Waals surface area contributed by atoms with E-state index in [9.17, 15) is 5.11 Å². The average molecular weight is 394 g/mol. The molecule has 0 aromatic heterocycles. The van der Waals surface area contributed by atoms with Crippen LogP contribution in [0.5, 0.6) is 11.5 Å². The van der Waals surface area contributed by atoms with Crippen molar-refractivity contribution in [2.45, 2.75) is 51.9 Å². The zero-order valence-electron chi connectivity index (χ0n) is 18.7. The highest BCUT2D eigenvalue weighted by Crippen LogP contribution is 2.29. The Balaban J connectivity index is 1.94. The Hall–Kier alpha value is -1.34. The normalized spacial score (nSPS) is 19.2. The van der Waals surface area contributed by atoms with Gasteiger partial charge in [0.25, 0.3) is 0 Å². The van der Waals surface area contributed by atoms with E-state index in [4.69, 9.17) is 9.47 Å². The molecule has 0 amide bonds. The molecule has 1 aliphatic rings. The van der Waals surface area contributed by atoms with E-state index >= 15 is 0 Å². The van der Waals surface area contributed by atoms with Crippen molar-refractivity contribution in [1.29, 1.82) is 0 Å². The lowest BCUT2D eigenvalue weighted by Crippen LogP contribution is -2.57. The molecular formula is C22H39N3O3. The Bertz CT molecular complexity index is 621. The third kappa shape index (κ3) is 6.34. The zero-order valence-corrected chi connectivity index (χ0v) is 18.7. The second-order valence-electron chi connectivity index (χ2n) is 8.93. The molecule has 0 bridgehead atoms. The third-order valence-electron chi connectivity index (χ3n) is 5.84. The minimum absolute atomic E-state index is 0.185. The lowest BCUT2D eigenvalue weighted by Gasteiger charge is -2.45. The number of ether oxygens (including phenoxy) is 2. The van der Waals surface area contributed by atoms with Gasteiger partial charge in [0, 0.05) is 44.3 Å². The fraction of sp³-hybridized carbons (Fsp3) is 0.727. The van der Waals surface area contributed by atoms with Crippen LogP contribution in [0.25, 0.3) is 0 Å². The minimum Gasteiger partial charge on any atom is -0.493 e. The van der Waals surface area contributed by atoms with Crippen molar-refractivity contribution in [2.75, 3.05) is 54.0 Å². The van der Waals surface area contributed by atoms with E-state index in [2.05, 4.69) is 55.5 Å². The molecule has 2 rings (SSSR count). The van der Waals surface area contributed by atoms with Crippen LogP contribution in [-0.2, 0) is 6.54 Å². The monoisotopic (exact) mass is 393 g/mol. The van der Waals surface area contributed by atoms with Crippen molar-refractivity contribution in [3.8, 4) is 11.5 Å². The molecule has 28 heavy (non-hydrogen) atoms. The van der Waals surface area contributed by atoms with Crippen LogP contribution >= 0.6 is 0 Å². The summed E-state index contributed by atoms with van der Waals surface area (Å²) in [6, 6.07) is 6.49. The summed E-state index contributed by atoms with van der Waals surface area (Å²) >= 11 is 0. The molecule has 1 aromatic carbocycles. The van der Waals surface area contributed by atoms with Gasteiger partial charge in [-0.2, -0.15) is 0 Å². The standard InChI is InChI=1S/C22H39N3O3/c1-17(2)23(5)14-19(26)15-28-20-9-8-18(12-21(20)27-7)13-25-11-10-24(6)22(3,4)16-25/h8-9,12,17,19,26H,10-11,13-16H2,1-7H3. The molecule has 1 N–H and O–H groups in total. The first-order valence-corrected chi connectivity index (χ1v) is 10.2. The number of piperazine rings is 1. The van der Waals surface area contributed by atoms with Crippen molar-refractivity contribution in [1.82, 2.24) is 14.7 Å². The second-order valence-corrected chi connectivity index (χ2v) is 8.93. The summed E-state index contributed by atoms with van der Waals surface area (Å²) in [5.74, 6) is 1.39. The number of rotatable bonds is 9. The largest absolute Gasteiger partial charge is 0.493 e. The number of likely N-dealkylation sites (N-methyl/N-ethyl adjacent to an activating group) is 2. The van der Waals surface area contributed by atoms with E-state index in [-0.39, 0.29) is 12.1 Å².